The van der Waals surface area contributed by atoms with E-state index in [1.165, 1.54) is 12.1 Å². The lowest BCUT2D eigenvalue weighted by atomic mass is 10.2. The first-order chi connectivity index (χ1) is 14.0. The predicted molar refractivity (Wildman–Crippen MR) is 106 cm³/mol. The SMILES string of the molecule is CN1CCN(c2cc(CNC(=O)NCc3ccc(OC(F)F)cc3)ccn2)CC1. The van der Waals surface area contributed by atoms with Gasteiger partial charge >= 0.3 is 12.6 Å². The van der Waals surface area contributed by atoms with E-state index in [1.54, 1.807) is 18.3 Å². The normalized spacial score (nSPS) is 14.7. The van der Waals surface area contributed by atoms with Crippen LogP contribution < -0.4 is 20.3 Å². The summed E-state index contributed by atoms with van der Waals surface area (Å²) < 4.78 is 28.6. The average molecular weight is 405 g/mol. The number of carbonyl (C=O) groups is 1. The predicted octanol–water partition coefficient (Wildman–Crippen LogP) is 2.43. The van der Waals surface area contributed by atoms with Crippen LogP contribution >= 0.6 is 0 Å². The highest BCUT2D eigenvalue weighted by molar-refractivity contribution is 5.73. The second kappa shape index (κ2) is 10.0. The molecule has 2 N–H and O–H groups in total. The van der Waals surface area contributed by atoms with Crippen molar-refractivity contribution in [3.8, 4) is 5.75 Å². The minimum atomic E-state index is -2.85. The number of anilines is 1. The van der Waals surface area contributed by atoms with Crippen LogP contribution in [0.25, 0.3) is 0 Å². The molecule has 0 bridgehead atoms. The zero-order valence-electron chi connectivity index (χ0n) is 16.3. The van der Waals surface area contributed by atoms with Crippen LogP contribution in [0, 0.1) is 0 Å². The van der Waals surface area contributed by atoms with Gasteiger partial charge in [-0.1, -0.05) is 12.1 Å². The molecule has 1 aromatic heterocycles. The van der Waals surface area contributed by atoms with Gasteiger partial charge in [0.2, 0.25) is 0 Å². The molecule has 0 radical (unpaired) electrons. The zero-order chi connectivity index (χ0) is 20.6. The summed E-state index contributed by atoms with van der Waals surface area (Å²) in [6.45, 7) is 1.68. The molecule has 29 heavy (non-hydrogen) atoms. The molecule has 0 spiro atoms. The molecule has 1 aromatic carbocycles. The number of likely N-dealkylation sites (N-methyl/N-ethyl adjacent to an activating group) is 1. The number of benzene rings is 1. The second-order valence-electron chi connectivity index (χ2n) is 6.87. The van der Waals surface area contributed by atoms with E-state index < -0.39 is 6.61 Å². The maximum Gasteiger partial charge on any atom is 0.387 e. The van der Waals surface area contributed by atoms with Crippen LogP contribution in [0.3, 0.4) is 0 Å². The molecule has 3 rings (SSSR count). The molecular weight excluding hydrogens is 380 g/mol. The average Bonchev–Trinajstić information content (AvgIpc) is 2.72. The number of aromatic nitrogens is 1. The van der Waals surface area contributed by atoms with Gasteiger partial charge in [0.25, 0.3) is 0 Å². The fourth-order valence-electron chi connectivity index (χ4n) is 2.99. The number of urea groups is 1. The molecule has 2 amide bonds. The molecule has 2 heterocycles. The van der Waals surface area contributed by atoms with Crippen molar-refractivity contribution in [3.05, 3.63) is 53.7 Å². The van der Waals surface area contributed by atoms with Gasteiger partial charge in [0.05, 0.1) is 0 Å². The van der Waals surface area contributed by atoms with Crippen LogP contribution in [-0.4, -0.2) is 55.8 Å². The Morgan fingerprint density at radius 3 is 2.38 bits per heavy atom. The summed E-state index contributed by atoms with van der Waals surface area (Å²) in [6, 6.07) is 9.70. The first-order valence-corrected chi connectivity index (χ1v) is 9.43. The van der Waals surface area contributed by atoms with Crippen LogP contribution in [0.5, 0.6) is 5.75 Å². The molecule has 9 heteroatoms. The van der Waals surface area contributed by atoms with E-state index in [1.807, 2.05) is 12.1 Å². The fraction of sp³-hybridized carbons (Fsp3) is 0.400. The van der Waals surface area contributed by atoms with Crippen LogP contribution in [0.2, 0.25) is 0 Å². The number of alkyl halides is 2. The maximum absolute atomic E-state index is 12.1. The van der Waals surface area contributed by atoms with Crippen molar-refractivity contribution in [2.24, 2.45) is 0 Å². The van der Waals surface area contributed by atoms with Crippen LogP contribution in [0.15, 0.2) is 42.6 Å². The van der Waals surface area contributed by atoms with E-state index in [0.29, 0.717) is 6.54 Å². The monoisotopic (exact) mass is 405 g/mol. The Balaban J connectivity index is 1.44. The zero-order valence-corrected chi connectivity index (χ0v) is 16.3. The summed E-state index contributed by atoms with van der Waals surface area (Å²) in [5.74, 6) is 1.01. The van der Waals surface area contributed by atoms with E-state index in [4.69, 9.17) is 0 Å². The molecule has 1 fully saturated rings. The highest BCUT2D eigenvalue weighted by Crippen LogP contribution is 2.16. The summed E-state index contributed by atoms with van der Waals surface area (Å²) in [4.78, 5) is 21.0. The number of hydrogen-bond acceptors (Lipinski definition) is 5. The summed E-state index contributed by atoms with van der Waals surface area (Å²) in [5, 5.41) is 5.56. The van der Waals surface area contributed by atoms with E-state index in [-0.39, 0.29) is 18.3 Å². The van der Waals surface area contributed by atoms with Gasteiger partial charge in [-0.3, -0.25) is 0 Å². The third-order valence-corrected chi connectivity index (χ3v) is 4.69. The summed E-state index contributed by atoms with van der Waals surface area (Å²) in [6.07, 6.45) is 1.76. The van der Waals surface area contributed by atoms with E-state index >= 15 is 0 Å². The molecule has 0 unspecified atom stereocenters. The number of nitrogens with one attached hydrogen (secondary N) is 2. The number of rotatable bonds is 7. The molecule has 7 nitrogen and oxygen atoms in total. The number of hydrogen-bond donors (Lipinski definition) is 2. The minimum Gasteiger partial charge on any atom is -0.435 e. The summed E-state index contributed by atoms with van der Waals surface area (Å²) in [7, 11) is 2.11. The Labute approximate surface area is 168 Å². The van der Waals surface area contributed by atoms with E-state index in [0.717, 1.165) is 43.1 Å². The highest BCUT2D eigenvalue weighted by Gasteiger charge is 2.15. The van der Waals surface area contributed by atoms with Crippen molar-refractivity contribution >= 4 is 11.8 Å². The Hall–Kier alpha value is -2.94. The fourth-order valence-corrected chi connectivity index (χ4v) is 2.99. The molecule has 0 saturated carbocycles. The first-order valence-electron chi connectivity index (χ1n) is 9.43. The Kier molecular flexibility index (Phi) is 7.18. The van der Waals surface area contributed by atoms with Crippen LogP contribution in [0.1, 0.15) is 11.1 Å². The number of pyridine rings is 1. The molecule has 156 valence electrons. The van der Waals surface area contributed by atoms with Gasteiger partial charge < -0.3 is 25.2 Å². The third kappa shape index (κ3) is 6.56. The van der Waals surface area contributed by atoms with Crippen LogP contribution in [-0.2, 0) is 13.1 Å². The lowest BCUT2D eigenvalue weighted by molar-refractivity contribution is -0.0498. The van der Waals surface area contributed by atoms with Gasteiger partial charge in [-0.15, -0.1) is 0 Å². The lowest BCUT2D eigenvalue weighted by Gasteiger charge is -2.33. The molecule has 1 saturated heterocycles. The van der Waals surface area contributed by atoms with Crippen molar-refractivity contribution in [3.63, 3.8) is 0 Å². The van der Waals surface area contributed by atoms with Crippen molar-refractivity contribution in [1.29, 1.82) is 0 Å². The summed E-state index contributed by atoms with van der Waals surface area (Å²) in [5.41, 5.74) is 1.75. The number of ether oxygens (including phenoxy) is 1. The standard InChI is InChI=1S/C20H25F2N5O2/c1-26-8-10-27(11-9-26)18-12-16(6-7-23-18)14-25-20(28)24-13-15-2-4-17(5-3-15)29-19(21)22/h2-7,12,19H,8-11,13-14H2,1H3,(H2,24,25,28). The lowest BCUT2D eigenvalue weighted by Crippen LogP contribution is -2.44. The van der Waals surface area contributed by atoms with Gasteiger partial charge in [0, 0.05) is 45.5 Å². The van der Waals surface area contributed by atoms with Crippen molar-refractivity contribution in [2.45, 2.75) is 19.7 Å². The quantitative estimate of drug-likeness (QED) is 0.741. The van der Waals surface area contributed by atoms with E-state index in [9.17, 15) is 13.6 Å². The Morgan fingerprint density at radius 2 is 1.72 bits per heavy atom. The number of nitrogens with zero attached hydrogens (tertiary/aromatic N) is 3. The maximum atomic E-state index is 12.1. The molecule has 1 aliphatic heterocycles. The van der Waals surface area contributed by atoms with Gasteiger partial charge in [0.1, 0.15) is 11.6 Å². The summed E-state index contributed by atoms with van der Waals surface area (Å²) >= 11 is 0. The van der Waals surface area contributed by atoms with Crippen molar-refractivity contribution < 1.29 is 18.3 Å². The van der Waals surface area contributed by atoms with Crippen molar-refractivity contribution in [2.75, 3.05) is 38.1 Å². The highest BCUT2D eigenvalue weighted by atomic mass is 19.3. The molecule has 1 aliphatic rings. The minimum absolute atomic E-state index is 0.0852. The van der Waals surface area contributed by atoms with Crippen molar-refractivity contribution in [1.82, 2.24) is 20.5 Å². The Morgan fingerprint density at radius 1 is 1.07 bits per heavy atom. The largest absolute Gasteiger partial charge is 0.435 e. The first kappa shape index (κ1) is 20.8. The number of halogens is 2. The number of piperazine rings is 1. The molecule has 0 aliphatic carbocycles. The number of carbonyl (C=O) groups excluding carboxylic acids is 1. The topological polar surface area (TPSA) is 69.7 Å². The van der Waals surface area contributed by atoms with E-state index in [2.05, 4.69) is 37.2 Å². The van der Waals surface area contributed by atoms with Crippen LogP contribution in [0.4, 0.5) is 19.4 Å². The van der Waals surface area contributed by atoms with Gasteiger partial charge in [-0.05, 0) is 42.4 Å². The number of amides is 2. The third-order valence-electron chi connectivity index (χ3n) is 4.69. The van der Waals surface area contributed by atoms with Gasteiger partial charge in [-0.25, -0.2) is 9.78 Å². The van der Waals surface area contributed by atoms with Gasteiger partial charge in [0.15, 0.2) is 0 Å². The molecule has 0 atom stereocenters. The Bertz CT molecular complexity index is 796. The smallest absolute Gasteiger partial charge is 0.387 e. The molecular formula is C20H25F2N5O2. The second-order valence-corrected chi connectivity index (χ2v) is 6.87. The van der Waals surface area contributed by atoms with Gasteiger partial charge in [-0.2, -0.15) is 8.78 Å². The molecule has 2 aromatic rings.